The molecule has 1 heterocycles. The zero-order chi connectivity index (χ0) is 21.3. The Hall–Kier alpha value is -2.16. The molecule has 1 aliphatic heterocycles. The lowest BCUT2D eigenvalue weighted by Crippen LogP contribution is -2.42. The number of nitrogens with zero attached hydrogens (tertiary/aromatic N) is 2. The van der Waals surface area contributed by atoms with Gasteiger partial charge in [-0.25, -0.2) is 0 Å². The fourth-order valence-electron chi connectivity index (χ4n) is 3.66. The van der Waals surface area contributed by atoms with E-state index in [2.05, 4.69) is 51.7 Å². The van der Waals surface area contributed by atoms with Crippen molar-refractivity contribution in [1.29, 1.82) is 0 Å². The van der Waals surface area contributed by atoms with Crippen molar-refractivity contribution in [3.8, 4) is 11.5 Å². The van der Waals surface area contributed by atoms with Gasteiger partial charge in [-0.3, -0.25) is 4.99 Å². The first-order chi connectivity index (χ1) is 14.6. The minimum Gasteiger partial charge on any atom is -0.493 e. The van der Waals surface area contributed by atoms with Gasteiger partial charge in [0.15, 0.2) is 17.5 Å². The van der Waals surface area contributed by atoms with Crippen molar-refractivity contribution in [2.24, 2.45) is 4.99 Å². The third-order valence-corrected chi connectivity index (χ3v) is 5.37. The molecule has 0 aromatic heterocycles. The molecule has 1 fully saturated rings. The summed E-state index contributed by atoms with van der Waals surface area (Å²) in [5, 5.41) is 6.84. The maximum Gasteiger partial charge on any atom is 0.191 e. The van der Waals surface area contributed by atoms with Crippen molar-refractivity contribution in [3.05, 3.63) is 54.1 Å². The molecular weight excluding hydrogens is 503 g/mol. The van der Waals surface area contributed by atoms with E-state index in [1.165, 1.54) is 24.1 Å². The highest BCUT2D eigenvalue weighted by molar-refractivity contribution is 14.0. The van der Waals surface area contributed by atoms with Gasteiger partial charge in [0.1, 0.15) is 6.10 Å². The van der Waals surface area contributed by atoms with Gasteiger partial charge in [-0.1, -0.05) is 24.3 Å². The summed E-state index contributed by atoms with van der Waals surface area (Å²) in [6.45, 7) is 7.11. The number of ether oxygens (including phenoxy) is 2. The van der Waals surface area contributed by atoms with Gasteiger partial charge in [0.05, 0.1) is 19.7 Å². The van der Waals surface area contributed by atoms with Crippen LogP contribution in [0.4, 0.5) is 5.69 Å². The number of para-hydroxylation sites is 2. The molecule has 2 aromatic rings. The molecule has 0 amide bonds. The Kier molecular flexibility index (Phi) is 10.2. The number of anilines is 1. The van der Waals surface area contributed by atoms with E-state index in [9.17, 15) is 0 Å². The SMILES string of the molecule is CN=C(NCC(C)Oc1ccccc1OC)NC(C)c1cccc(N2CCCC2)c1.I. The van der Waals surface area contributed by atoms with Crippen LogP contribution in [0.5, 0.6) is 11.5 Å². The molecule has 3 rings (SSSR count). The van der Waals surface area contributed by atoms with Crippen molar-refractivity contribution in [2.75, 3.05) is 38.7 Å². The van der Waals surface area contributed by atoms with E-state index in [0.717, 1.165) is 30.5 Å². The van der Waals surface area contributed by atoms with Gasteiger partial charge in [-0.05, 0) is 56.5 Å². The lowest BCUT2D eigenvalue weighted by molar-refractivity contribution is 0.213. The molecule has 0 radical (unpaired) electrons. The number of guanidine groups is 1. The highest BCUT2D eigenvalue weighted by Gasteiger charge is 2.15. The largest absolute Gasteiger partial charge is 0.493 e. The van der Waals surface area contributed by atoms with Crippen molar-refractivity contribution in [2.45, 2.75) is 38.8 Å². The molecule has 2 atom stereocenters. The molecular formula is C24H35IN4O2. The second kappa shape index (κ2) is 12.6. The van der Waals surface area contributed by atoms with Crippen LogP contribution in [-0.4, -0.2) is 45.9 Å². The molecule has 1 aliphatic rings. The van der Waals surface area contributed by atoms with Crippen LogP contribution in [0.2, 0.25) is 0 Å². The van der Waals surface area contributed by atoms with Gasteiger partial charge in [0.25, 0.3) is 0 Å². The second-order valence-corrected chi connectivity index (χ2v) is 7.69. The lowest BCUT2D eigenvalue weighted by Gasteiger charge is -2.23. The smallest absolute Gasteiger partial charge is 0.191 e. The second-order valence-electron chi connectivity index (χ2n) is 7.69. The average Bonchev–Trinajstić information content (AvgIpc) is 3.32. The van der Waals surface area contributed by atoms with Gasteiger partial charge in [-0.2, -0.15) is 0 Å². The van der Waals surface area contributed by atoms with Crippen LogP contribution < -0.4 is 25.0 Å². The molecule has 170 valence electrons. The quantitative estimate of drug-likeness (QED) is 0.292. The molecule has 1 saturated heterocycles. The average molecular weight is 538 g/mol. The third kappa shape index (κ3) is 7.19. The highest BCUT2D eigenvalue weighted by atomic mass is 127. The predicted octanol–water partition coefficient (Wildman–Crippen LogP) is 4.61. The van der Waals surface area contributed by atoms with E-state index in [1.807, 2.05) is 31.2 Å². The summed E-state index contributed by atoms with van der Waals surface area (Å²) in [5.41, 5.74) is 2.56. The number of aliphatic imine (C=N–C) groups is 1. The first-order valence-corrected chi connectivity index (χ1v) is 10.7. The fourth-order valence-corrected chi connectivity index (χ4v) is 3.66. The molecule has 7 heteroatoms. The highest BCUT2D eigenvalue weighted by Crippen LogP contribution is 2.27. The van der Waals surface area contributed by atoms with Crippen LogP contribution >= 0.6 is 24.0 Å². The molecule has 0 aliphatic carbocycles. The maximum atomic E-state index is 6.02. The van der Waals surface area contributed by atoms with Crippen LogP contribution in [0.3, 0.4) is 0 Å². The molecule has 2 aromatic carbocycles. The Morgan fingerprint density at radius 2 is 1.77 bits per heavy atom. The summed E-state index contributed by atoms with van der Waals surface area (Å²) >= 11 is 0. The van der Waals surface area contributed by atoms with Gasteiger partial charge in [0.2, 0.25) is 0 Å². The topological polar surface area (TPSA) is 58.1 Å². The van der Waals surface area contributed by atoms with Gasteiger partial charge in [-0.15, -0.1) is 24.0 Å². The number of benzene rings is 2. The van der Waals surface area contributed by atoms with Gasteiger partial charge >= 0.3 is 0 Å². The van der Waals surface area contributed by atoms with E-state index < -0.39 is 0 Å². The Morgan fingerprint density at radius 1 is 1.06 bits per heavy atom. The van der Waals surface area contributed by atoms with E-state index in [1.54, 1.807) is 14.2 Å². The third-order valence-electron chi connectivity index (χ3n) is 5.37. The van der Waals surface area contributed by atoms with Crippen molar-refractivity contribution >= 4 is 35.6 Å². The number of hydrogen-bond donors (Lipinski definition) is 2. The summed E-state index contributed by atoms with van der Waals surface area (Å²) in [4.78, 5) is 6.83. The summed E-state index contributed by atoms with van der Waals surface area (Å²) in [6, 6.07) is 16.6. The molecule has 0 bridgehead atoms. The Labute approximate surface area is 203 Å². The van der Waals surface area contributed by atoms with E-state index >= 15 is 0 Å². The Bertz CT molecular complexity index is 840. The number of halogens is 1. The predicted molar refractivity (Wildman–Crippen MR) is 139 cm³/mol. The van der Waals surface area contributed by atoms with Gasteiger partial charge in [0, 0.05) is 25.8 Å². The van der Waals surface area contributed by atoms with Crippen LogP contribution in [0.15, 0.2) is 53.5 Å². The Balaban J connectivity index is 0.00000341. The van der Waals surface area contributed by atoms with Crippen LogP contribution in [0, 0.1) is 0 Å². The van der Waals surface area contributed by atoms with E-state index in [4.69, 9.17) is 9.47 Å². The standard InChI is InChI=1S/C24H34N4O2.HI/c1-18(30-23-13-6-5-12-22(23)29-4)17-26-24(25-3)27-19(2)20-10-9-11-21(16-20)28-14-7-8-15-28;/h5-6,9-13,16,18-19H,7-8,14-15,17H2,1-4H3,(H2,25,26,27);1H. The molecule has 2 N–H and O–H groups in total. The number of hydrogen-bond acceptors (Lipinski definition) is 4. The minimum absolute atomic E-state index is 0. The Morgan fingerprint density at radius 3 is 2.45 bits per heavy atom. The summed E-state index contributed by atoms with van der Waals surface area (Å²) in [6.07, 6.45) is 2.52. The number of methoxy groups -OCH3 is 1. The zero-order valence-corrected chi connectivity index (χ0v) is 21.3. The fraction of sp³-hybridized carbons (Fsp3) is 0.458. The first kappa shape index (κ1) is 25.1. The molecule has 0 saturated carbocycles. The number of nitrogens with one attached hydrogen (secondary N) is 2. The molecule has 2 unspecified atom stereocenters. The first-order valence-electron chi connectivity index (χ1n) is 10.7. The normalized spacial score (nSPS) is 15.6. The van der Waals surface area contributed by atoms with Gasteiger partial charge < -0.3 is 25.0 Å². The van der Waals surface area contributed by atoms with Crippen molar-refractivity contribution in [3.63, 3.8) is 0 Å². The van der Waals surface area contributed by atoms with Crippen molar-refractivity contribution in [1.82, 2.24) is 10.6 Å². The minimum atomic E-state index is -0.0475. The van der Waals surface area contributed by atoms with Crippen LogP contribution in [0.25, 0.3) is 0 Å². The molecule has 0 spiro atoms. The summed E-state index contributed by atoms with van der Waals surface area (Å²) < 4.78 is 11.4. The lowest BCUT2D eigenvalue weighted by atomic mass is 10.1. The zero-order valence-electron chi connectivity index (χ0n) is 18.9. The number of rotatable bonds is 8. The van der Waals surface area contributed by atoms with Crippen LogP contribution in [-0.2, 0) is 0 Å². The monoisotopic (exact) mass is 538 g/mol. The van der Waals surface area contributed by atoms with E-state index in [0.29, 0.717) is 6.54 Å². The molecule has 31 heavy (non-hydrogen) atoms. The summed E-state index contributed by atoms with van der Waals surface area (Å²) in [5.74, 6) is 2.23. The van der Waals surface area contributed by atoms with Crippen LogP contribution in [0.1, 0.15) is 38.3 Å². The molecule has 6 nitrogen and oxygen atoms in total. The maximum absolute atomic E-state index is 6.02. The van der Waals surface area contributed by atoms with Crippen molar-refractivity contribution < 1.29 is 9.47 Å². The van der Waals surface area contributed by atoms with E-state index in [-0.39, 0.29) is 36.1 Å². The summed E-state index contributed by atoms with van der Waals surface area (Å²) in [7, 11) is 3.44.